The Morgan fingerprint density at radius 2 is 2.42 bits per heavy atom. The molecule has 0 saturated heterocycles. The molecule has 0 aliphatic rings. The Morgan fingerprint density at radius 3 is 3.05 bits per heavy atom. The van der Waals surface area contributed by atoms with Gasteiger partial charge in [0.2, 0.25) is 0 Å². The number of hydrogen-bond acceptors (Lipinski definition) is 5. The monoisotopic (exact) mass is 299 g/mol. The fraction of sp³-hybridized carbons (Fsp3) is 0.364. The predicted molar refractivity (Wildman–Crippen MR) is 83.3 cm³/mol. The molecule has 0 atom stereocenters. The largest absolute Gasteiger partial charge is 0.506 e. The Bertz CT molecular complexity index is 452. The van der Waals surface area contributed by atoms with E-state index in [2.05, 4.69) is 20.6 Å². The van der Waals surface area contributed by atoms with E-state index < -0.39 is 0 Å². The average molecular weight is 299 g/mol. The summed E-state index contributed by atoms with van der Waals surface area (Å²) in [7, 11) is 1.65. The van der Waals surface area contributed by atoms with Crippen LogP contribution in [0.5, 0.6) is 5.75 Å². The molecule has 19 heavy (non-hydrogen) atoms. The van der Waals surface area contributed by atoms with Gasteiger partial charge in [0.25, 0.3) is 0 Å². The molecule has 0 aromatic carbocycles. The van der Waals surface area contributed by atoms with Crippen molar-refractivity contribution in [2.45, 2.75) is 5.75 Å². The van der Waals surface area contributed by atoms with Crippen molar-refractivity contribution in [2.24, 2.45) is 10.7 Å². The molecule has 0 aliphatic carbocycles. The van der Waals surface area contributed by atoms with Crippen molar-refractivity contribution in [3.8, 4) is 5.75 Å². The molecular formula is C11H17N5OS2. The second kappa shape index (κ2) is 8.54. The summed E-state index contributed by atoms with van der Waals surface area (Å²) in [6.45, 7) is 0.709. The van der Waals surface area contributed by atoms with E-state index in [-0.39, 0.29) is 10.9 Å². The number of nitrogens with zero attached hydrogens (tertiary/aromatic N) is 2. The normalized spacial score (nSPS) is 11.1. The van der Waals surface area contributed by atoms with E-state index in [1.807, 2.05) is 0 Å². The van der Waals surface area contributed by atoms with Crippen LogP contribution in [0.1, 0.15) is 5.69 Å². The Hall–Kier alpha value is -1.54. The molecule has 5 N–H and O–H groups in total. The van der Waals surface area contributed by atoms with Crippen LogP contribution in [0.3, 0.4) is 0 Å². The maximum atomic E-state index is 9.54. The Kier molecular flexibility index (Phi) is 6.98. The third kappa shape index (κ3) is 6.25. The number of aromatic nitrogens is 1. The SMILES string of the molecule is CN=C(NCCSCc1ncccc1O)NC(N)=S. The summed E-state index contributed by atoms with van der Waals surface area (Å²) < 4.78 is 0. The molecule has 1 aromatic heterocycles. The molecule has 0 saturated carbocycles. The molecular weight excluding hydrogens is 282 g/mol. The lowest BCUT2D eigenvalue weighted by atomic mass is 10.3. The quantitative estimate of drug-likeness (QED) is 0.271. The number of nitrogens with two attached hydrogens (primary N) is 1. The topological polar surface area (TPSA) is 95.6 Å². The lowest BCUT2D eigenvalue weighted by molar-refractivity contribution is 0.467. The number of hydrogen-bond donors (Lipinski definition) is 4. The second-order valence-electron chi connectivity index (χ2n) is 3.51. The molecule has 0 aliphatic heterocycles. The minimum absolute atomic E-state index is 0.180. The fourth-order valence-corrected chi connectivity index (χ4v) is 2.15. The van der Waals surface area contributed by atoms with Crippen LogP contribution in [0.15, 0.2) is 23.3 Å². The van der Waals surface area contributed by atoms with E-state index in [0.717, 1.165) is 5.75 Å². The van der Waals surface area contributed by atoms with Gasteiger partial charge in [-0.15, -0.1) is 0 Å². The third-order valence-electron chi connectivity index (χ3n) is 2.11. The minimum atomic E-state index is 0.180. The molecule has 104 valence electrons. The van der Waals surface area contributed by atoms with Gasteiger partial charge in [0.15, 0.2) is 11.1 Å². The first-order valence-corrected chi connectivity index (χ1v) is 7.17. The Morgan fingerprint density at radius 1 is 1.63 bits per heavy atom. The van der Waals surface area contributed by atoms with Gasteiger partial charge in [-0.05, 0) is 24.4 Å². The van der Waals surface area contributed by atoms with Gasteiger partial charge in [0, 0.05) is 31.3 Å². The summed E-state index contributed by atoms with van der Waals surface area (Å²) >= 11 is 6.38. The van der Waals surface area contributed by atoms with E-state index in [0.29, 0.717) is 24.0 Å². The summed E-state index contributed by atoms with van der Waals surface area (Å²) in [4.78, 5) is 8.07. The van der Waals surface area contributed by atoms with Crippen LogP contribution in [0.25, 0.3) is 0 Å². The van der Waals surface area contributed by atoms with Gasteiger partial charge in [0.1, 0.15) is 5.75 Å². The standard InChI is InChI=1S/C11H17N5OS2/c1-13-11(16-10(12)18)15-5-6-19-7-8-9(17)3-2-4-14-8/h2-4,17H,5-7H2,1H3,(H4,12,13,15,16,18). The Labute approximate surface area is 121 Å². The van der Waals surface area contributed by atoms with Gasteiger partial charge in [-0.2, -0.15) is 11.8 Å². The first-order valence-electron chi connectivity index (χ1n) is 5.61. The van der Waals surface area contributed by atoms with E-state index in [1.165, 1.54) is 0 Å². The minimum Gasteiger partial charge on any atom is -0.506 e. The number of pyridine rings is 1. The lowest BCUT2D eigenvalue weighted by Crippen LogP contribution is -2.44. The van der Waals surface area contributed by atoms with Gasteiger partial charge in [-0.3, -0.25) is 9.98 Å². The number of guanidine groups is 1. The fourth-order valence-electron chi connectivity index (χ4n) is 1.25. The highest BCUT2D eigenvalue weighted by atomic mass is 32.2. The van der Waals surface area contributed by atoms with Gasteiger partial charge in [0.05, 0.1) is 5.69 Å². The summed E-state index contributed by atoms with van der Waals surface area (Å²) in [5, 5.41) is 15.5. The van der Waals surface area contributed by atoms with Gasteiger partial charge in [-0.25, -0.2) is 0 Å². The smallest absolute Gasteiger partial charge is 0.197 e. The molecule has 0 fully saturated rings. The highest BCUT2D eigenvalue weighted by Gasteiger charge is 2.02. The van der Waals surface area contributed by atoms with Crippen molar-refractivity contribution in [3.63, 3.8) is 0 Å². The third-order valence-corrected chi connectivity index (χ3v) is 3.18. The molecule has 0 spiro atoms. The predicted octanol–water partition coefficient (Wildman–Crippen LogP) is 0.429. The van der Waals surface area contributed by atoms with Gasteiger partial charge < -0.3 is 21.5 Å². The Balaban J connectivity index is 2.21. The molecule has 0 bridgehead atoms. The number of aliphatic imine (C=N–C) groups is 1. The van der Waals surface area contributed by atoms with Gasteiger partial charge >= 0.3 is 0 Å². The molecule has 8 heteroatoms. The number of thiocarbonyl (C=S) groups is 1. The van der Waals surface area contributed by atoms with Crippen LogP contribution in [0.4, 0.5) is 0 Å². The van der Waals surface area contributed by atoms with Crippen LogP contribution < -0.4 is 16.4 Å². The first-order chi connectivity index (χ1) is 9.13. The van der Waals surface area contributed by atoms with Crippen LogP contribution in [-0.4, -0.2) is 40.5 Å². The zero-order chi connectivity index (χ0) is 14.1. The maximum absolute atomic E-state index is 9.54. The van der Waals surface area contributed by atoms with Crippen molar-refractivity contribution >= 4 is 35.1 Å². The molecule has 6 nitrogen and oxygen atoms in total. The zero-order valence-electron chi connectivity index (χ0n) is 10.6. The summed E-state index contributed by atoms with van der Waals surface area (Å²) in [5.41, 5.74) is 6.04. The number of nitrogens with one attached hydrogen (secondary N) is 2. The molecule has 1 heterocycles. The zero-order valence-corrected chi connectivity index (χ0v) is 12.2. The average Bonchev–Trinajstić information content (AvgIpc) is 2.38. The highest BCUT2D eigenvalue weighted by Crippen LogP contribution is 2.18. The molecule has 1 rings (SSSR count). The van der Waals surface area contributed by atoms with Gasteiger partial charge in [-0.1, -0.05) is 0 Å². The molecule has 0 radical (unpaired) electrons. The maximum Gasteiger partial charge on any atom is 0.197 e. The van der Waals surface area contributed by atoms with Crippen LogP contribution in [0.2, 0.25) is 0 Å². The van der Waals surface area contributed by atoms with Crippen LogP contribution >= 0.6 is 24.0 Å². The van der Waals surface area contributed by atoms with Crippen LogP contribution in [-0.2, 0) is 5.75 Å². The number of aromatic hydroxyl groups is 1. The van der Waals surface area contributed by atoms with Crippen molar-refractivity contribution in [1.29, 1.82) is 0 Å². The number of rotatable bonds is 5. The number of thioether (sulfide) groups is 1. The summed E-state index contributed by atoms with van der Waals surface area (Å²) in [5.74, 6) is 2.28. The van der Waals surface area contributed by atoms with E-state index >= 15 is 0 Å². The summed E-state index contributed by atoms with van der Waals surface area (Å²) in [6, 6.07) is 3.34. The van der Waals surface area contributed by atoms with Crippen molar-refractivity contribution in [2.75, 3.05) is 19.3 Å². The second-order valence-corrected chi connectivity index (χ2v) is 5.06. The van der Waals surface area contributed by atoms with E-state index in [9.17, 15) is 5.11 Å². The highest BCUT2D eigenvalue weighted by molar-refractivity contribution is 7.98. The molecule has 0 amide bonds. The summed E-state index contributed by atoms with van der Waals surface area (Å²) in [6.07, 6.45) is 1.67. The van der Waals surface area contributed by atoms with E-state index in [4.69, 9.17) is 18.0 Å². The molecule has 1 aromatic rings. The van der Waals surface area contributed by atoms with Crippen molar-refractivity contribution in [3.05, 3.63) is 24.0 Å². The lowest BCUT2D eigenvalue weighted by Gasteiger charge is -2.10. The van der Waals surface area contributed by atoms with Crippen molar-refractivity contribution < 1.29 is 5.11 Å². The first kappa shape index (κ1) is 15.5. The van der Waals surface area contributed by atoms with Crippen LogP contribution in [0, 0.1) is 0 Å². The van der Waals surface area contributed by atoms with Crippen molar-refractivity contribution in [1.82, 2.24) is 15.6 Å². The van der Waals surface area contributed by atoms with E-state index in [1.54, 1.807) is 37.1 Å². The molecule has 0 unspecified atom stereocenters.